The Bertz CT molecular complexity index is 682. The van der Waals surface area contributed by atoms with Gasteiger partial charge in [0.15, 0.2) is 0 Å². The summed E-state index contributed by atoms with van der Waals surface area (Å²) in [7, 11) is 0. The Kier molecular flexibility index (Phi) is 4.42. The summed E-state index contributed by atoms with van der Waals surface area (Å²) in [5.74, 6) is -0.567. The van der Waals surface area contributed by atoms with Gasteiger partial charge in [-0.15, -0.1) is 0 Å². The highest BCUT2D eigenvalue weighted by Crippen LogP contribution is 2.21. The third kappa shape index (κ3) is 3.31. The first-order valence-electron chi connectivity index (χ1n) is 6.89. The molecule has 21 heavy (non-hydrogen) atoms. The summed E-state index contributed by atoms with van der Waals surface area (Å²) in [4.78, 5) is 23.9. The normalized spacial score (nSPS) is 11.9. The van der Waals surface area contributed by atoms with Crippen molar-refractivity contribution in [3.63, 3.8) is 0 Å². The van der Waals surface area contributed by atoms with E-state index < -0.39 is 6.04 Å². The quantitative estimate of drug-likeness (QED) is 0.747. The molecule has 0 fully saturated rings. The molecule has 5 nitrogen and oxygen atoms in total. The van der Waals surface area contributed by atoms with Gasteiger partial charge in [0.2, 0.25) is 5.91 Å². The highest BCUT2D eigenvalue weighted by Gasteiger charge is 2.17. The minimum absolute atomic E-state index is 0.217. The van der Waals surface area contributed by atoms with Crippen LogP contribution in [0.2, 0.25) is 0 Å². The molecule has 0 aliphatic heterocycles. The molecule has 0 aliphatic rings. The summed E-state index contributed by atoms with van der Waals surface area (Å²) >= 11 is 0. The first-order valence-corrected chi connectivity index (χ1v) is 6.89. The molecule has 1 unspecified atom stereocenters. The summed E-state index contributed by atoms with van der Waals surface area (Å²) < 4.78 is 0. The maximum atomic E-state index is 12.3. The van der Waals surface area contributed by atoms with Gasteiger partial charge in [-0.3, -0.25) is 9.59 Å². The Labute approximate surface area is 123 Å². The van der Waals surface area contributed by atoms with Crippen LogP contribution in [0.3, 0.4) is 0 Å². The number of nitrogen functional groups attached to an aromatic ring is 1. The zero-order valence-corrected chi connectivity index (χ0v) is 12.1. The number of nitrogens with one attached hydrogen (secondary N) is 2. The number of fused-ring (bicyclic) bond motifs is 1. The summed E-state index contributed by atoms with van der Waals surface area (Å²) in [6, 6.07) is 10.6. The summed E-state index contributed by atoms with van der Waals surface area (Å²) in [6.07, 6.45) is 0. The highest BCUT2D eigenvalue weighted by molar-refractivity contribution is 6.05. The van der Waals surface area contributed by atoms with Crippen LogP contribution < -0.4 is 16.4 Å². The number of likely N-dealkylation sites (N-methyl/N-ethyl adjacent to an activating group) is 1. The van der Waals surface area contributed by atoms with E-state index in [9.17, 15) is 9.59 Å². The number of nitrogens with two attached hydrogens (primary N) is 1. The molecule has 2 aromatic carbocycles. The van der Waals surface area contributed by atoms with Crippen LogP contribution in [-0.4, -0.2) is 24.4 Å². The van der Waals surface area contributed by atoms with Crippen molar-refractivity contribution in [2.75, 3.05) is 12.3 Å². The SMILES string of the molecule is CCNC(=O)C(C)NC(=O)c1cc2ccccc2cc1N. The minimum Gasteiger partial charge on any atom is -0.398 e. The van der Waals surface area contributed by atoms with Crippen molar-refractivity contribution in [1.29, 1.82) is 0 Å². The summed E-state index contributed by atoms with van der Waals surface area (Å²) in [5, 5.41) is 7.22. The molecule has 2 amide bonds. The van der Waals surface area contributed by atoms with Gasteiger partial charge in [0.1, 0.15) is 6.04 Å². The van der Waals surface area contributed by atoms with Crippen LogP contribution in [0.1, 0.15) is 24.2 Å². The largest absolute Gasteiger partial charge is 0.398 e. The van der Waals surface area contributed by atoms with Crippen LogP contribution in [0.15, 0.2) is 36.4 Å². The zero-order valence-electron chi connectivity index (χ0n) is 12.1. The second-order valence-electron chi connectivity index (χ2n) is 4.88. The van der Waals surface area contributed by atoms with E-state index in [1.807, 2.05) is 31.2 Å². The molecule has 1 atom stereocenters. The van der Waals surface area contributed by atoms with Gasteiger partial charge >= 0.3 is 0 Å². The van der Waals surface area contributed by atoms with Crippen molar-refractivity contribution in [2.24, 2.45) is 0 Å². The van der Waals surface area contributed by atoms with Crippen molar-refractivity contribution in [3.05, 3.63) is 42.0 Å². The van der Waals surface area contributed by atoms with E-state index in [0.29, 0.717) is 17.8 Å². The van der Waals surface area contributed by atoms with E-state index in [0.717, 1.165) is 10.8 Å². The molecule has 0 saturated heterocycles. The fourth-order valence-electron chi connectivity index (χ4n) is 2.12. The van der Waals surface area contributed by atoms with Crippen molar-refractivity contribution in [3.8, 4) is 0 Å². The molecular weight excluding hydrogens is 266 g/mol. The van der Waals surface area contributed by atoms with E-state index in [4.69, 9.17) is 5.73 Å². The molecule has 2 rings (SSSR count). The van der Waals surface area contributed by atoms with Crippen LogP contribution in [0, 0.1) is 0 Å². The standard InChI is InChI=1S/C16H19N3O2/c1-3-18-15(20)10(2)19-16(21)13-8-11-6-4-5-7-12(11)9-14(13)17/h4-10H,3,17H2,1-2H3,(H,18,20)(H,19,21). The van der Waals surface area contributed by atoms with Gasteiger partial charge in [0.05, 0.1) is 5.56 Å². The number of hydrogen-bond acceptors (Lipinski definition) is 3. The zero-order chi connectivity index (χ0) is 15.4. The molecule has 0 saturated carbocycles. The van der Waals surface area contributed by atoms with Crippen molar-refractivity contribution in [1.82, 2.24) is 10.6 Å². The van der Waals surface area contributed by atoms with Crippen LogP contribution in [0.5, 0.6) is 0 Å². The lowest BCUT2D eigenvalue weighted by molar-refractivity contribution is -0.122. The molecule has 0 spiro atoms. The molecule has 0 bridgehead atoms. The number of amides is 2. The number of carbonyl (C=O) groups is 2. The lowest BCUT2D eigenvalue weighted by atomic mass is 10.0. The van der Waals surface area contributed by atoms with Crippen LogP contribution in [-0.2, 0) is 4.79 Å². The Morgan fingerprint density at radius 2 is 1.81 bits per heavy atom. The minimum atomic E-state index is -0.608. The van der Waals surface area contributed by atoms with Crippen molar-refractivity contribution >= 4 is 28.3 Å². The molecule has 5 heteroatoms. The molecular formula is C16H19N3O2. The molecule has 0 aliphatic carbocycles. The molecule has 4 N–H and O–H groups in total. The number of benzene rings is 2. The molecule has 0 heterocycles. The van der Waals surface area contributed by atoms with E-state index in [-0.39, 0.29) is 11.8 Å². The molecule has 2 aromatic rings. The Balaban J connectivity index is 2.23. The van der Waals surface area contributed by atoms with Gasteiger partial charge in [-0.25, -0.2) is 0 Å². The van der Waals surface area contributed by atoms with E-state index in [2.05, 4.69) is 10.6 Å². The molecule has 0 aromatic heterocycles. The third-order valence-corrected chi connectivity index (χ3v) is 3.25. The predicted molar refractivity (Wildman–Crippen MR) is 84.0 cm³/mol. The average molecular weight is 285 g/mol. The first-order chi connectivity index (χ1) is 10.0. The van der Waals surface area contributed by atoms with Gasteiger partial charge in [-0.2, -0.15) is 0 Å². The maximum Gasteiger partial charge on any atom is 0.254 e. The fourth-order valence-corrected chi connectivity index (χ4v) is 2.12. The Morgan fingerprint density at radius 3 is 2.43 bits per heavy atom. The fraction of sp³-hybridized carbons (Fsp3) is 0.250. The lowest BCUT2D eigenvalue weighted by Gasteiger charge is -2.14. The number of hydrogen-bond donors (Lipinski definition) is 3. The van der Waals surface area contributed by atoms with Crippen LogP contribution in [0.4, 0.5) is 5.69 Å². The Morgan fingerprint density at radius 1 is 1.19 bits per heavy atom. The van der Waals surface area contributed by atoms with Crippen molar-refractivity contribution in [2.45, 2.75) is 19.9 Å². The topological polar surface area (TPSA) is 84.2 Å². The molecule has 0 radical (unpaired) electrons. The number of rotatable bonds is 4. The average Bonchev–Trinajstić information content (AvgIpc) is 2.46. The van der Waals surface area contributed by atoms with Gasteiger partial charge in [0.25, 0.3) is 5.91 Å². The van der Waals surface area contributed by atoms with Crippen LogP contribution >= 0.6 is 0 Å². The Hall–Kier alpha value is -2.56. The second-order valence-corrected chi connectivity index (χ2v) is 4.88. The van der Waals surface area contributed by atoms with E-state index in [1.165, 1.54) is 0 Å². The van der Waals surface area contributed by atoms with E-state index >= 15 is 0 Å². The van der Waals surface area contributed by atoms with E-state index in [1.54, 1.807) is 19.1 Å². The lowest BCUT2D eigenvalue weighted by Crippen LogP contribution is -2.44. The second kappa shape index (κ2) is 6.26. The maximum absolute atomic E-state index is 12.3. The van der Waals surface area contributed by atoms with Gasteiger partial charge in [0, 0.05) is 12.2 Å². The number of anilines is 1. The predicted octanol–water partition coefficient (Wildman–Crippen LogP) is 1.68. The van der Waals surface area contributed by atoms with Gasteiger partial charge in [-0.1, -0.05) is 24.3 Å². The van der Waals surface area contributed by atoms with Crippen LogP contribution in [0.25, 0.3) is 10.8 Å². The molecule has 110 valence electrons. The first kappa shape index (κ1) is 14.8. The number of carbonyl (C=O) groups excluding carboxylic acids is 2. The van der Waals surface area contributed by atoms with Gasteiger partial charge in [-0.05, 0) is 36.8 Å². The monoisotopic (exact) mass is 285 g/mol. The van der Waals surface area contributed by atoms with Crippen molar-refractivity contribution < 1.29 is 9.59 Å². The van der Waals surface area contributed by atoms with Gasteiger partial charge < -0.3 is 16.4 Å². The highest BCUT2D eigenvalue weighted by atomic mass is 16.2. The third-order valence-electron chi connectivity index (χ3n) is 3.25. The smallest absolute Gasteiger partial charge is 0.254 e. The summed E-state index contributed by atoms with van der Waals surface area (Å²) in [6.45, 7) is 3.99. The summed E-state index contributed by atoms with van der Waals surface area (Å²) in [5.41, 5.74) is 6.71.